The predicted octanol–water partition coefficient (Wildman–Crippen LogP) is 3.05. The van der Waals surface area contributed by atoms with Crippen LogP contribution in [0.15, 0.2) is 41.8 Å². The number of aryl methyl sites for hydroxylation is 1. The molecule has 0 atom stereocenters. The van der Waals surface area contributed by atoms with Gasteiger partial charge in [-0.05, 0) is 43.0 Å². The maximum atomic E-state index is 12.6. The van der Waals surface area contributed by atoms with Crippen LogP contribution in [0.2, 0.25) is 0 Å². The quantitative estimate of drug-likeness (QED) is 0.911. The summed E-state index contributed by atoms with van der Waals surface area (Å²) in [6, 6.07) is 11.7. The number of hydrogen-bond donors (Lipinski definition) is 1. The molecule has 2 N–H and O–H groups in total. The predicted molar refractivity (Wildman–Crippen MR) is 80.8 cm³/mol. The summed E-state index contributed by atoms with van der Waals surface area (Å²) in [5.41, 5.74) is 7.64. The van der Waals surface area contributed by atoms with Gasteiger partial charge in [-0.3, -0.25) is 4.79 Å². The van der Waals surface area contributed by atoms with Crippen molar-refractivity contribution in [1.82, 2.24) is 0 Å². The van der Waals surface area contributed by atoms with Crippen LogP contribution in [-0.2, 0) is 0 Å². The van der Waals surface area contributed by atoms with Gasteiger partial charge in [-0.15, -0.1) is 11.3 Å². The Hall–Kier alpha value is -1.65. The zero-order chi connectivity index (χ0) is 13.7. The highest BCUT2D eigenvalue weighted by Gasteiger charge is 2.19. The van der Waals surface area contributed by atoms with E-state index in [4.69, 9.17) is 5.73 Å². The van der Waals surface area contributed by atoms with Crippen molar-refractivity contribution in [3.63, 3.8) is 0 Å². The first-order valence-corrected chi connectivity index (χ1v) is 7.23. The number of rotatable bonds is 5. The molecule has 0 saturated heterocycles. The Kier molecular flexibility index (Phi) is 4.71. The molecule has 0 saturated carbocycles. The lowest BCUT2D eigenvalue weighted by molar-refractivity contribution is 0.0990. The van der Waals surface area contributed by atoms with Gasteiger partial charge in [-0.25, -0.2) is 0 Å². The molecule has 0 aliphatic carbocycles. The molecular formula is C15H18N2OS. The van der Waals surface area contributed by atoms with Crippen molar-refractivity contribution in [1.29, 1.82) is 0 Å². The second-order valence-electron chi connectivity index (χ2n) is 4.36. The highest BCUT2D eigenvalue weighted by atomic mass is 32.1. The molecule has 1 amide bonds. The van der Waals surface area contributed by atoms with Crippen molar-refractivity contribution in [2.75, 3.05) is 18.0 Å². The van der Waals surface area contributed by atoms with Crippen LogP contribution in [0.25, 0.3) is 0 Å². The maximum absolute atomic E-state index is 12.6. The Morgan fingerprint density at radius 1 is 1.26 bits per heavy atom. The third-order valence-electron chi connectivity index (χ3n) is 2.97. The Balaban J connectivity index is 2.31. The van der Waals surface area contributed by atoms with Crippen molar-refractivity contribution in [3.8, 4) is 0 Å². The number of para-hydroxylation sites is 1. The average molecular weight is 274 g/mol. The molecule has 0 fully saturated rings. The van der Waals surface area contributed by atoms with Crippen LogP contribution in [0.1, 0.15) is 21.7 Å². The molecule has 1 aromatic heterocycles. The van der Waals surface area contributed by atoms with Crippen LogP contribution >= 0.6 is 11.3 Å². The largest absolute Gasteiger partial charge is 0.330 e. The number of carbonyl (C=O) groups excluding carboxylic acids is 1. The smallest absolute Gasteiger partial charge is 0.268 e. The summed E-state index contributed by atoms with van der Waals surface area (Å²) >= 11 is 1.47. The van der Waals surface area contributed by atoms with Gasteiger partial charge < -0.3 is 10.6 Å². The van der Waals surface area contributed by atoms with Crippen LogP contribution in [0.3, 0.4) is 0 Å². The SMILES string of the molecule is Cc1ccccc1N(CCCN)C(=O)c1cccs1. The van der Waals surface area contributed by atoms with Gasteiger partial charge in [0.2, 0.25) is 0 Å². The van der Waals surface area contributed by atoms with E-state index >= 15 is 0 Å². The molecule has 1 aromatic carbocycles. The minimum Gasteiger partial charge on any atom is -0.330 e. The number of thiophene rings is 1. The van der Waals surface area contributed by atoms with Crippen LogP contribution < -0.4 is 10.6 Å². The first-order valence-electron chi connectivity index (χ1n) is 6.35. The lowest BCUT2D eigenvalue weighted by atomic mass is 10.1. The molecule has 0 aliphatic rings. The van der Waals surface area contributed by atoms with E-state index < -0.39 is 0 Å². The fourth-order valence-corrected chi connectivity index (χ4v) is 2.65. The molecule has 4 heteroatoms. The van der Waals surface area contributed by atoms with E-state index in [1.807, 2.05) is 53.6 Å². The highest BCUT2D eigenvalue weighted by molar-refractivity contribution is 7.12. The topological polar surface area (TPSA) is 46.3 Å². The second kappa shape index (κ2) is 6.50. The number of amides is 1. The minimum atomic E-state index is 0.0535. The molecule has 3 nitrogen and oxygen atoms in total. The molecule has 0 spiro atoms. The third-order valence-corrected chi connectivity index (χ3v) is 3.83. The summed E-state index contributed by atoms with van der Waals surface area (Å²) in [5.74, 6) is 0.0535. The van der Waals surface area contributed by atoms with Crippen LogP contribution in [-0.4, -0.2) is 19.0 Å². The van der Waals surface area contributed by atoms with Gasteiger partial charge in [-0.2, -0.15) is 0 Å². The van der Waals surface area contributed by atoms with Crippen molar-refractivity contribution in [3.05, 3.63) is 52.2 Å². The van der Waals surface area contributed by atoms with Gasteiger partial charge >= 0.3 is 0 Å². The van der Waals surface area contributed by atoms with Gasteiger partial charge in [0, 0.05) is 12.2 Å². The van der Waals surface area contributed by atoms with E-state index in [1.54, 1.807) is 0 Å². The summed E-state index contributed by atoms with van der Waals surface area (Å²) in [6.45, 7) is 3.25. The lowest BCUT2D eigenvalue weighted by Crippen LogP contribution is -2.33. The van der Waals surface area contributed by atoms with E-state index in [0.717, 1.165) is 22.5 Å². The van der Waals surface area contributed by atoms with E-state index in [2.05, 4.69) is 0 Å². The fraction of sp³-hybridized carbons (Fsp3) is 0.267. The highest BCUT2D eigenvalue weighted by Crippen LogP contribution is 2.23. The van der Waals surface area contributed by atoms with Gasteiger partial charge in [0.25, 0.3) is 5.91 Å². The zero-order valence-corrected chi connectivity index (χ0v) is 11.8. The number of nitrogens with zero attached hydrogens (tertiary/aromatic N) is 1. The molecule has 0 bridgehead atoms. The molecule has 2 rings (SSSR count). The van der Waals surface area contributed by atoms with Crippen molar-refractivity contribution in [2.24, 2.45) is 5.73 Å². The van der Waals surface area contributed by atoms with Crippen LogP contribution in [0, 0.1) is 6.92 Å². The van der Waals surface area contributed by atoms with Gasteiger partial charge in [0.05, 0.1) is 4.88 Å². The van der Waals surface area contributed by atoms with Crippen molar-refractivity contribution >= 4 is 22.9 Å². The number of nitrogens with two attached hydrogens (primary N) is 1. The van der Waals surface area contributed by atoms with Gasteiger partial charge in [0.1, 0.15) is 0 Å². The number of anilines is 1. The van der Waals surface area contributed by atoms with Gasteiger partial charge in [0.15, 0.2) is 0 Å². The average Bonchev–Trinajstić information content (AvgIpc) is 2.94. The minimum absolute atomic E-state index is 0.0535. The second-order valence-corrected chi connectivity index (χ2v) is 5.31. The van der Waals surface area contributed by atoms with Crippen molar-refractivity contribution < 1.29 is 4.79 Å². The Morgan fingerprint density at radius 3 is 2.68 bits per heavy atom. The van der Waals surface area contributed by atoms with E-state index in [1.165, 1.54) is 11.3 Å². The zero-order valence-electron chi connectivity index (χ0n) is 11.0. The third kappa shape index (κ3) is 3.22. The lowest BCUT2D eigenvalue weighted by Gasteiger charge is -2.23. The number of benzene rings is 1. The monoisotopic (exact) mass is 274 g/mol. The molecule has 19 heavy (non-hydrogen) atoms. The van der Waals surface area contributed by atoms with E-state index in [-0.39, 0.29) is 5.91 Å². The maximum Gasteiger partial charge on any atom is 0.268 e. The molecule has 100 valence electrons. The summed E-state index contributed by atoms with van der Waals surface area (Å²) < 4.78 is 0. The molecule has 0 aliphatic heterocycles. The standard InChI is InChI=1S/C15H18N2OS/c1-12-6-2-3-7-13(12)17(10-5-9-16)15(18)14-8-4-11-19-14/h2-4,6-8,11H,5,9-10,16H2,1H3. The first-order chi connectivity index (χ1) is 9.24. The molecule has 0 radical (unpaired) electrons. The summed E-state index contributed by atoms with van der Waals surface area (Å²) in [5, 5.41) is 1.92. The summed E-state index contributed by atoms with van der Waals surface area (Å²) in [7, 11) is 0. The van der Waals surface area contributed by atoms with Crippen molar-refractivity contribution in [2.45, 2.75) is 13.3 Å². The molecule has 1 heterocycles. The van der Waals surface area contributed by atoms with E-state index in [9.17, 15) is 4.79 Å². The molecule has 2 aromatic rings. The molecular weight excluding hydrogens is 256 g/mol. The number of hydrogen-bond acceptors (Lipinski definition) is 3. The Morgan fingerprint density at radius 2 is 2.05 bits per heavy atom. The Labute approximate surface area is 117 Å². The number of carbonyl (C=O) groups is 1. The van der Waals surface area contributed by atoms with Crippen LogP contribution in [0.4, 0.5) is 5.69 Å². The van der Waals surface area contributed by atoms with Crippen LogP contribution in [0.5, 0.6) is 0 Å². The van der Waals surface area contributed by atoms with E-state index in [0.29, 0.717) is 13.1 Å². The van der Waals surface area contributed by atoms with Gasteiger partial charge in [-0.1, -0.05) is 24.3 Å². The Bertz CT molecular complexity index is 537. The summed E-state index contributed by atoms with van der Waals surface area (Å²) in [6.07, 6.45) is 0.797. The summed E-state index contributed by atoms with van der Waals surface area (Å²) in [4.78, 5) is 15.2. The normalized spacial score (nSPS) is 10.4. The first kappa shape index (κ1) is 13.8. The fourth-order valence-electron chi connectivity index (χ4n) is 1.98. The molecule has 0 unspecified atom stereocenters.